The summed E-state index contributed by atoms with van der Waals surface area (Å²) in [6.45, 7) is 6.68. The van der Waals surface area contributed by atoms with Crippen LogP contribution in [-0.4, -0.2) is 19.9 Å². The molecule has 0 spiro atoms. The van der Waals surface area contributed by atoms with Crippen molar-refractivity contribution in [1.29, 1.82) is 0 Å². The van der Waals surface area contributed by atoms with E-state index in [2.05, 4.69) is 15.0 Å². The fourth-order valence-electron chi connectivity index (χ4n) is 1.92. The van der Waals surface area contributed by atoms with Gasteiger partial charge >= 0.3 is 0 Å². The maximum absolute atomic E-state index is 12.4. The van der Waals surface area contributed by atoms with Gasteiger partial charge in [-0.25, -0.2) is 13.4 Å². The fraction of sp³-hybridized carbons (Fsp3) is 0.357. The Morgan fingerprint density at radius 1 is 1.29 bits per heavy atom. The van der Waals surface area contributed by atoms with Gasteiger partial charge in [-0.1, -0.05) is 13.0 Å². The predicted molar refractivity (Wildman–Crippen MR) is 80.6 cm³/mol. The first-order chi connectivity index (χ1) is 9.92. The molecule has 0 atom stereocenters. The van der Waals surface area contributed by atoms with E-state index < -0.39 is 10.0 Å². The molecule has 2 aromatic heterocycles. The number of aromatic nitrogens is 1. The molecule has 0 saturated carbocycles. The first-order valence-electron chi connectivity index (χ1n) is 6.69. The average molecular weight is 309 g/mol. The summed E-state index contributed by atoms with van der Waals surface area (Å²) in [6.07, 6.45) is 0. The number of rotatable bonds is 6. The third kappa shape index (κ3) is 3.83. The lowest BCUT2D eigenvalue weighted by Crippen LogP contribution is -2.14. The minimum atomic E-state index is -3.70. The minimum Gasteiger partial charge on any atom is -0.464 e. The molecule has 0 bridgehead atoms. The van der Waals surface area contributed by atoms with Crippen LogP contribution < -0.4 is 10.0 Å². The zero-order valence-corrected chi connectivity index (χ0v) is 13.1. The van der Waals surface area contributed by atoms with Crippen LogP contribution in [0.15, 0.2) is 33.6 Å². The van der Waals surface area contributed by atoms with Gasteiger partial charge in [-0.3, -0.25) is 4.72 Å². The van der Waals surface area contributed by atoms with Crippen molar-refractivity contribution in [2.45, 2.75) is 32.2 Å². The van der Waals surface area contributed by atoms with E-state index in [1.54, 1.807) is 32.0 Å². The zero-order chi connectivity index (χ0) is 15.5. The molecule has 0 amide bonds. The highest BCUT2D eigenvalue weighted by atomic mass is 32.2. The number of hydrogen-bond donors (Lipinski definition) is 2. The largest absolute Gasteiger partial charge is 0.464 e. The van der Waals surface area contributed by atoms with Crippen LogP contribution in [-0.2, 0) is 16.6 Å². The van der Waals surface area contributed by atoms with E-state index in [1.165, 1.54) is 6.07 Å². The van der Waals surface area contributed by atoms with Gasteiger partial charge in [0.1, 0.15) is 22.2 Å². The summed E-state index contributed by atoms with van der Waals surface area (Å²) in [5.41, 5.74) is 0.743. The van der Waals surface area contributed by atoms with Crippen LogP contribution >= 0.6 is 0 Å². The molecule has 0 saturated heterocycles. The predicted octanol–water partition coefficient (Wildman–Crippen LogP) is 2.20. The smallest absolute Gasteiger partial charge is 0.266 e. The van der Waals surface area contributed by atoms with Gasteiger partial charge in [0, 0.05) is 11.8 Å². The van der Waals surface area contributed by atoms with Crippen LogP contribution in [0.25, 0.3) is 0 Å². The third-order valence-corrected chi connectivity index (χ3v) is 4.35. The molecular formula is C14H19N3O3S. The normalized spacial score (nSPS) is 11.6. The molecule has 2 heterocycles. The second-order valence-electron chi connectivity index (χ2n) is 4.68. The van der Waals surface area contributed by atoms with E-state index in [0.717, 1.165) is 12.2 Å². The quantitative estimate of drug-likeness (QED) is 0.854. The van der Waals surface area contributed by atoms with Crippen LogP contribution in [0.2, 0.25) is 0 Å². The lowest BCUT2D eigenvalue weighted by molar-refractivity contribution is 0.460. The zero-order valence-electron chi connectivity index (χ0n) is 12.3. The second-order valence-corrected chi connectivity index (χ2v) is 6.33. The van der Waals surface area contributed by atoms with Crippen molar-refractivity contribution in [1.82, 2.24) is 10.3 Å². The van der Waals surface area contributed by atoms with Gasteiger partial charge in [-0.05, 0) is 32.5 Å². The summed E-state index contributed by atoms with van der Waals surface area (Å²) in [5, 5.41) is 3.09. The molecule has 0 aliphatic carbocycles. The summed E-state index contributed by atoms with van der Waals surface area (Å²) >= 11 is 0. The molecule has 6 nitrogen and oxygen atoms in total. The van der Waals surface area contributed by atoms with Crippen LogP contribution in [0.1, 0.15) is 24.1 Å². The summed E-state index contributed by atoms with van der Waals surface area (Å²) in [4.78, 5) is 4.27. The van der Waals surface area contributed by atoms with Gasteiger partial charge in [-0.2, -0.15) is 0 Å². The first-order valence-corrected chi connectivity index (χ1v) is 8.17. The van der Waals surface area contributed by atoms with Crippen molar-refractivity contribution in [2.24, 2.45) is 0 Å². The molecule has 0 aliphatic rings. The molecule has 0 unspecified atom stereocenters. The van der Waals surface area contributed by atoms with E-state index in [4.69, 9.17) is 4.42 Å². The number of anilines is 1. The number of nitrogens with one attached hydrogen (secondary N) is 2. The van der Waals surface area contributed by atoms with Crippen LogP contribution in [0.3, 0.4) is 0 Å². The Morgan fingerprint density at radius 3 is 2.71 bits per heavy atom. The highest BCUT2D eigenvalue weighted by Gasteiger charge is 2.21. The molecule has 0 fully saturated rings. The van der Waals surface area contributed by atoms with Crippen LogP contribution in [0.5, 0.6) is 0 Å². The highest BCUT2D eigenvalue weighted by Crippen LogP contribution is 2.22. The minimum absolute atomic E-state index is 0.138. The van der Waals surface area contributed by atoms with Crippen molar-refractivity contribution in [3.63, 3.8) is 0 Å². The van der Waals surface area contributed by atoms with Crippen molar-refractivity contribution in [3.05, 3.63) is 41.5 Å². The number of aryl methyl sites for hydroxylation is 2. The highest BCUT2D eigenvalue weighted by molar-refractivity contribution is 7.92. The Balaban J connectivity index is 2.25. The van der Waals surface area contributed by atoms with Gasteiger partial charge in [0.25, 0.3) is 10.0 Å². The Morgan fingerprint density at radius 2 is 2.05 bits per heavy atom. The van der Waals surface area contributed by atoms with E-state index in [0.29, 0.717) is 23.9 Å². The number of pyridine rings is 1. The number of sulfonamides is 1. The van der Waals surface area contributed by atoms with E-state index in [-0.39, 0.29) is 4.90 Å². The molecule has 0 aromatic carbocycles. The monoisotopic (exact) mass is 309 g/mol. The molecule has 2 N–H and O–H groups in total. The maximum atomic E-state index is 12.4. The lowest BCUT2D eigenvalue weighted by atomic mass is 10.4. The number of furan rings is 1. The Hall–Kier alpha value is -1.86. The standard InChI is InChI=1S/C14H19N3O3S/c1-4-15-9-12-8-13(11(3)20-12)21(18,19)17-14-7-5-6-10(2)16-14/h5-8,15H,4,9H2,1-3H3,(H,16,17). The van der Waals surface area contributed by atoms with E-state index >= 15 is 0 Å². The average Bonchev–Trinajstić information content (AvgIpc) is 2.78. The van der Waals surface area contributed by atoms with Gasteiger partial charge in [0.2, 0.25) is 0 Å². The summed E-state index contributed by atoms with van der Waals surface area (Å²) in [5.74, 6) is 1.25. The van der Waals surface area contributed by atoms with E-state index in [1.807, 2.05) is 6.92 Å². The molecule has 2 rings (SSSR count). The first kappa shape index (κ1) is 15.5. The molecule has 21 heavy (non-hydrogen) atoms. The molecule has 0 radical (unpaired) electrons. The topological polar surface area (TPSA) is 84.2 Å². The van der Waals surface area contributed by atoms with Crippen LogP contribution in [0, 0.1) is 13.8 Å². The van der Waals surface area contributed by atoms with Gasteiger partial charge in [-0.15, -0.1) is 0 Å². The number of hydrogen-bond acceptors (Lipinski definition) is 5. The van der Waals surface area contributed by atoms with Crippen LogP contribution in [0.4, 0.5) is 5.82 Å². The number of nitrogens with zero attached hydrogens (tertiary/aromatic N) is 1. The Labute approximate surface area is 124 Å². The van der Waals surface area contributed by atoms with Gasteiger partial charge in [0.15, 0.2) is 0 Å². The SMILES string of the molecule is CCNCc1cc(S(=O)(=O)Nc2cccc(C)n2)c(C)o1. The second kappa shape index (κ2) is 6.28. The molecule has 2 aromatic rings. The van der Waals surface area contributed by atoms with Crippen molar-refractivity contribution in [3.8, 4) is 0 Å². The van der Waals surface area contributed by atoms with Gasteiger partial charge in [0.05, 0.1) is 6.54 Å². The van der Waals surface area contributed by atoms with Crippen molar-refractivity contribution >= 4 is 15.8 Å². The Kier molecular flexibility index (Phi) is 4.64. The Bertz CT molecular complexity index is 723. The molecule has 114 valence electrons. The summed E-state index contributed by atoms with van der Waals surface area (Å²) < 4.78 is 32.7. The summed E-state index contributed by atoms with van der Waals surface area (Å²) in [6, 6.07) is 6.70. The van der Waals surface area contributed by atoms with Crippen molar-refractivity contribution in [2.75, 3.05) is 11.3 Å². The maximum Gasteiger partial charge on any atom is 0.266 e. The molecular weight excluding hydrogens is 290 g/mol. The van der Waals surface area contributed by atoms with Crippen molar-refractivity contribution < 1.29 is 12.8 Å². The lowest BCUT2D eigenvalue weighted by Gasteiger charge is -2.06. The molecule has 0 aliphatic heterocycles. The molecule has 7 heteroatoms. The van der Waals surface area contributed by atoms with E-state index in [9.17, 15) is 8.42 Å². The third-order valence-electron chi connectivity index (χ3n) is 2.89. The fourth-order valence-corrected chi connectivity index (χ4v) is 3.12. The van der Waals surface area contributed by atoms with Gasteiger partial charge < -0.3 is 9.73 Å². The summed E-state index contributed by atoms with van der Waals surface area (Å²) in [7, 11) is -3.70.